The van der Waals surface area contributed by atoms with Gasteiger partial charge in [-0.05, 0) is 31.2 Å². The van der Waals surface area contributed by atoms with Gasteiger partial charge in [-0.2, -0.15) is 0 Å². The number of hydrogen-bond donors (Lipinski definition) is 1. The van der Waals surface area contributed by atoms with Crippen molar-refractivity contribution in [1.29, 1.82) is 0 Å². The number of carbonyl (C=O) groups excluding carboxylic acids is 3. The second kappa shape index (κ2) is 8.92. The van der Waals surface area contributed by atoms with Crippen LogP contribution < -0.4 is 10.1 Å². The number of fused-ring (bicyclic) bond motifs is 1. The van der Waals surface area contributed by atoms with Crippen LogP contribution in [0.5, 0.6) is 5.75 Å². The van der Waals surface area contributed by atoms with Gasteiger partial charge >= 0.3 is 5.97 Å². The van der Waals surface area contributed by atoms with Gasteiger partial charge in [0, 0.05) is 0 Å². The molecule has 0 spiro atoms. The average Bonchev–Trinajstić information content (AvgIpc) is 2.75. The van der Waals surface area contributed by atoms with E-state index in [0.29, 0.717) is 29.1 Å². The van der Waals surface area contributed by atoms with E-state index in [1.165, 1.54) is 6.20 Å². The molecule has 0 saturated heterocycles. The molecule has 0 unspecified atom stereocenters. The minimum absolute atomic E-state index is 0.0359. The summed E-state index contributed by atoms with van der Waals surface area (Å²) in [5.74, 6) is -4.00. The fourth-order valence-electron chi connectivity index (χ4n) is 2.76. The number of anilines is 1. The van der Waals surface area contributed by atoms with Crippen LogP contribution in [0.25, 0.3) is 11.0 Å². The van der Waals surface area contributed by atoms with Crippen molar-refractivity contribution in [3.05, 3.63) is 60.4 Å². The van der Waals surface area contributed by atoms with Gasteiger partial charge in [0.05, 0.1) is 42.3 Å². The molecular weight excluding hydrogens is 374 g/mol. The number of nitrogens with one attached hydrogen (secondary N) is 1. The number of hydrogen-bond acceptors (Lipinski definition) is 7. The normalized spacial score (nSPS) is 11.5. The molecule has 0 aliphatic heterocycles. The first kappa shape index (κ1) is 19.9. The summed E-state index contributed by atoms with van der Waals surface area (Å²) in [6.07, 6.45) is 1.29. The number of para-hydroxylation sites is 4. The van der Waals surface area contributed by atoms with Crippen molar-refractivity contribution in [2.45, 2.75) is 12.8 Å². The molecule has 1 amide bonds. The highest BCUT2D eigenvalue weighted by molar-refractivity contribution is 6.45. The zero-order valence-corrected chi connectivity index (χ0v) is 15.9. The number of Topliss-reactive ketones (excluding diaryl/α,β-unsaturated/α-hetero) is 1. The Morgan fingerprint density at radius 1 is 1.03 bits per heavy atom. The van der Waals surface area contributed by atoms with Crippen LogP contribution in [0.3, 0.4) is 0 Å². The lowest BCUT2D eigenvalue weighted by Gasteiger charge is -2.15. The monoisotopic (exact) mass is 393 g/mol. The molecule has 0 radical (unpaired) electrons. The van der Waals surface area contributed by atoms with Crippen LogP contribution in [0.2, 0.25) is 0 Å². The predicted octanol–water partition coefficient (Wildman–Crippen LogP) is 2.49. The molecule has 3 aromatic rings. The van der Waals surface area contributed by atoms with E-state index >= 15 is 0 Å². The number of ether oxygens (including phenoxy) is 2. The van der Waals surface area contributed by atoms with Gasteiger partial charge < -0.3 is 14.8 Å². The van der Waals surface area contributed by atoms with Crippen molar-refractivity contribution in [2.24, 2.45) is 0 Å². The number of rotatable bonds is 7. The maximum absolute atomic E-state index is 12.8. The smallest absolute Gasteiger partial charge is 0.323 e. The molecule has 1 atom stereocenters. The summed E-state index contributed by atoms with van der Waals surface area (Å²) in [6, 6.07) is 13.7. The summed E-state index contributed by atoms with van der Waals surface area (Å²) >= 11 is 0. The number of amides is 1. The highest BCUT2D eigenvalue weighted by Gasteiger charge is 2.36. The molecule has 148 valence electrons. The lowest BCUT2D eigenvalue weighted by molar-refractivity contribution is -0.148. The Labute approximate surface area is 166 Å². The molecule has 1 heterocycles. The maximum Gasteiger partial charge on any atom is 0.323 e. The van der Waals surface area contributed by atoms with Crippen LogP contribution in [-0.4, -0.2) is 41.3 Å². The number of carbonyl (C=O) groups is 3. The largest absolute Gasteiger partial charge is 0.492 e. The first-order valence-corrected chi connectivity index (χ1v) is 8.91. The number of methoxy groups -OCH3 is 1. The predicted molar refractivity (Wildman–Crippen MR) is 106 cm³/mol. The van der Waals surface area contributed by atoms with E-state index in [-0.39, 0.29) is 5.69 Å². The fourth-order valence-corrected chi connectivity index (χ4v) is 2.76. The standard InChI is InChI=1S/C21H19N3O5/c1-3-29-17-11-7-6-10-15(17)24-20(26)19(25)18(21(27)28-2)16-12-22-13-8-4-5-9-14(13)23-16/h4-12,18H,3H2,1-2H3,(H,24,26)/t18-/m1/s1. The van der Waals surface area contributed by atoms with E-state index < -0.39 is 23.6 Å². The van der Waals surface area contributed by atoms with Crippen LogP contribution >= 0.6 is 0 Å². The van der Waals surface area contributed by atoms with E-state index in [1.807, 2.05) is 0 Å². The van der Waals surface area contributed by atoms with Crippen LogP contribution in [0.4, 0.5) is 5.69 Å². The molecule has 1 aromatic heterocycles. The minimum Gasteiger partial charge on any atom is -0.492 e. The Hall–Kier alpha value is -3.81. The third kappa shape index (κ3) is 4.37. The lowest BCUT2D eigenvalue weighted by Crippen LogP contribution is -2.34. The van der Waals surface area contributed by atoms with Gasteiger partial charge in [-0.15, -0.1) is 0 Å². The first-order chi connectivity index (χ1) is 14.0. The summed E-state index contributed by atoms with van der Waals surface area (Å²) in [5.41, 5.74) is 1.45. The highest BCUT2D eigenvalue weighted by atomic mass is 16.5. The molecule has 1 N–H and O–H groups in total. The SMILES string of the molecule is CCOc1ccccc1NC(=O)C(=O)[C@H](C(=O)OC)c1cnc2ccccc2n1. The second-order valence-corrected chi connectivity index (χ2v) is 5.99. The number of aromatic nitrogens is 2. The Morgan fingerprint density at radius 3 is 2.45 bits per heavy atom. The first-order valence-electron chi connectivity index (χ1n) is 8.91. The van der Waals surface area contributed by atoms with Crippen molar-refractivity contribution in [1.82, 2.24) is 9.97 Å². The highest BCUT2D eigenvalue weighted by Crippen LogP contribution is 2.25. The molecule has 0 saturated carbocycles. The lowest BCUT2D eigenvalue weighted by atomic mass is 9.99. The quantitative estimate of drug-likeness (QED) is 0.373. The van der Waals surface area contributed by atoms with Gasteiger partial charge in [-0.25, -0.2) is 4.98 Å². The minimum atomic E-state index is -1.53. The van der Waals surface area contributed by atoms with Gasteiger partial charge in [0.15, 0.2) is 5.92 Å². The Balaban J connectivity index is 1.91. The van der Waals surface area contributed by atoms with E-state index in [2.05, 4.69) is 15.3 Å². The molecule has 0 fully saturated rings. The van der Waals surface area contributed by atoms with Crippen molar-refractivity contribution in [2.75, 3.05) is 19.0 Å². The fraction of sp³-hybridized carbons (Fsp3) is 0.190. The van der Waals surface area contributed by atoms with Crippen molar-refractivity contribution < 1.29 is 23.9 Å². The zero-order chi connectivity index (χ0) is 20.8. The number of benzene rings is 2. The van der Waals surface area contributed by atoms with E-state index in [0.717, 1.165) is 7.11 Å². The molecule has 3 rings (SSSR count). The third-order valence-corrected chi connectivity index (χ3v) is 4.12. The zero-order valence-electron chi connectivity index (χ0n) is 15.9. The summed E-state index contributed by atoms with van der Waals surface area (Å²) in [5, 5.41) is 2.49. The number of nitrogens with zero attached hydrogens (tertiary/aromatic N) is 2. The Morgan fingerprint density at radius 2 is 1.72 bits per heavy atom. The molecule has 0 aliphatic rings. The maximum atomic E-state index is 12.8. The number of ketones is 1. The molecule has 8 heteroatoms. The van der Waals surface area contributed by atoms with Crippen molar-refractivity contribution >= 4 is 34.4 Å². The van der Waals surface area contributed by atoms with Gasteiger partial charge in [0.1, 0.15) is 5.75 Å². The molecule has 8 nitrogen and oxygen atoms in total. The average molecular weight is 393 g/mol. The molecular formula is C21H19N3O5. The van der Waals surface area contributed by atoms with Gasteiger partial charge in [0.25, 0.3) is 5.91 Å². The Bertz CT molecular complexity index is 1070. The molecule has 0 aliphatic carbocycles. The Kier molecular flexibility index (Phi) is 6.13. The summed E-state index contributed by atoms with van der Waals surface area (Å²) in [6.45, 7) is 2.19. The van der Waals surface area contributed by atoms with Crippen LogP contribution in [0.15, 0.2) is 54.7 Å². The van der Waals surface area contributed by atoms with Gasteiger partial charge in [-0.1, -0.05) is 24.3 Å². The number of esters is 1. The third-order valence-electron chi connectivity index (χ3n) is 4.12. The van der Waals surface area contributed by atoms with Crippen LogP contribution in [0, 0.1) is 0 Å². The van der Waals surface area contributed by atoms with Crippen LogP contribution in [0.1, 0.15) is 18.5 Å². The molecule has 0 bridgehead atoms. The topological polar surface area (TPSA) is 107 Å². The van der Waals surface area contributed by atoms with E-state index in [9.17, 15) is 14.4 Å². The van der Waals surface area contributed by atoms with E-state index in [4.69, 9.17) is 9.47 Å². The van der Waals surface area contributed by atoms with Gasteiger partial charge in [0.2, 0.25) is 5.78 Å². The van der Waals surface area contributed by atoms with Crippen molar-refractivity contribution in [3.63, 3.8) is 0 Å². The van der Waals surface area contributed by atoms with Crippen LogP contribution in [-0.2, 0) is 19.1 Å². The summed E-state index contributed by atoms with van der Waals surface area (Å²) < 4.78 is 10.2. The summed E-state index contributed by atoms with van der Waals surface area (Å²) in [7, 11) is 1.14. The van der Waals surface area contributed by atoms with E-state index in [1.54, 1.807) is 55.5 Å². The summed E-state index contributed by atoms with van der Waals surface area (Å²) in [4.78, 5) is 46.3. The molecule has 2 aromatic carbocycles. The van der Waals surface area contributed by atoms with Gasteiger partial charge in [-0.3, -0.25) is 19.4 Å². The second-order valence-electron chi connectivity index (χ2n) is 5.99. The molecule has 29 heavy (non-hydrogen) atoms. The van der Waals surface area contributed by atoms with Crippen molar-refractivity contribution in [3.8, 4) is 5.75 Å².